The van der Waals surface area contributed by atoms with Crippen LogP contribution in [-0.2, 0) is 16.1 Å². The van der Waals surface area contributed by atoms with Crippen LogP contribution in [0.1, 0.15) is 30.9 Å². The molecule has 1 aliphatic heterocycles. The van der Waals surface area contributed by atoms with E-state index in [0.717, 1.165) is 37.4 Å². The first-order chi connectivity index (χ1) is 13.2. The smallest absolute Gasteiger partial charge is 0.330 e. The van der Waals surface area contributed by atoms with Crippen molar-refractivity contribution in [3.05, 3.63) is 65.9 Å². The number of piperidine rings is 1. The molecule has 1 aliphatic rings. The molecule has 0 radical (unpaired) electrons. The maximum atomic E-state index is 11.4. The molecule has 1 aromatic heterocycles. The molecule has 0 unspecified atom stereocenters. The number of nitrogens with zero attached hydrogens (tertiary/aromatic N) is 2. The predicted molar refractivity (Wildman–Crippen MR) is 108 cm³/mol. The van der Waals surface area contributed by atoms with Crippen LogP contribution in [-0.4, -0.2) is 41.6 Å². The van der Waals surface area contributed by atoms with Gasteiger partial charge in [0.2, 0.25) is 0 Å². The maximum Gasteiger partial charge on any atom is 0.330 e. The van der Waals surface area contributed by atoms with Gasteiger partial charge >= 0.3 is 5.97 Å². The van der Waals surface area contributed by atoms with Crippen LogP contribution in [0.2, 0.25) is 0 Å². The molecule has 0 amide bonds. The van der Waals surface area contributed by atoms with Gasteiger partial charge in [-0.1, -0.05) is 30.3 Å². The Morgan fingerprint density at radius 2 is 2.15 bits per heavy atom. The monoisotopic (exact) mass is 365 g/mol. The number of carbonyl (C=O) groups excluding carboxylic acids is 1. The minimum Gasteiger partial charge on any atom is -0.463 e. The van der Waals surface area contributed by atoms with Crippen molar-refractivity contribution in [1.29, 1.82) is 0 Å². The number of pyridine rings is 1. The number of esters is 1. The van der Waals surface area contributed by atoms with Crippen molar-refractivity contribution in [2.24, 2.45) is 0 Å². The first-order valence-electron chi connectivity index (χ1n) is 9.56. The second-order valence-corrected chi connectivity index (χ2v) is 6.77. The summed E-state index contributed by atoms with van der Waals surface area (Å²) in [4.78, 5) is 18.3. The third-order valence-electron chi connectivity index (χ3n) is 4.59. The average Bonchev–Trinajstić information content (AvgIpc) is 2.69. The van der Waals surface area contributed by atoms with Gasteiger partial charge < -0.3 is 10.1 Å². The number of nitrogens with one attached hydrogen (secondary N) is 1. The van der Waals surface area contributed by atoms with Crippen molar-refractivity contribution in [1.82, 2.24) is 9.88 Å². The van der Waals surface area contributed by atoms with E-state index in [1.54, 1.807) is 19.2 Å². The van der Waals surface area contributed by atoms with Gasteiger partial charge in [-0.25, -0.2) is 9.78 Å². The largest absolute Gasteiger partial charge is 0.463 e. The first-order valence-corrected chi connectivity index (χ1v) is 9.56. The van der Waals surface area contributed by atoms with Crippen LogP contribution in [0.15, 0.2) is 54.7 Å². The summed E-state index contributed by atoms with van der Waals surface area (Å²) in [6, 6.07) is 14.9. The molecule has 27 heavy (non-hydrogen) atoms. The highest BCUT2D eigenvalue weighted by Crippen LogP contribution is 2.17. The van der Waals surface area contributed by atoms with E-state index in [2.05, 4.69) is 45.5 Å². The number of aromatic nitrogens is 1. The molecule has 1 fully saturated rings. The number of benzene rings is 1. The van der Waals surface area contributed by atoms with Crippen LogP contribution in [0.5, 0.6) is 0 Å². The van der Waals surface area contributed by atoms with Crippen molar-refractivity contribution in [2.75, 3.05) is 25.0 Å². The van der Waals surface area contributed by atoms with Gasteiger partial charge in [0.15, 0.2) is 0 Å². The average molecular weight is 365 g/mol. The van der Waals surface area contributed by atoms with Gasteiger partial charge in [-0.3, -0.25) is 4.90 Å². The van der Waals surface area contributed by atoms with Crippen LogP contribution >= 0.6 is 0 Å². The minimum atomic E-state index is -0.333. The second-order valence-electron chi connectivity index (χ2n) is 6.77. The SMILES string of the molecule is CCOC(=O)C=Cc1ccc(N[C@@H]2CCCN(Cc3ccccc3)C2)nc1. The molecule has 3 rings (SSSR count). The fourth-order valence-electron chi connectivity index (χ4n) is 3.31. The van der Waals surface area contributed by atoms with E-state index < -0.39 is 0 Å². The topological polar surface area (TPSA) is 54.5 Å². The molecular weight excluding hydrogens is 338 g/mol. The third-order valence-corrected chi connectivity index (χ3v) is 4.59. The Bertz CT molecular complexity index is 744. The third kappa shape index (κ3) is 6.22. The number of anilines is 1. The van der Waals surface area contributed by atoms with Gasteiger partial charge in [-0.05, 0) is 55.6 Å². The van der Waals surface area contributed by atoms with E-state index in [-0.39, 0.29) is 5.97 Å². The molecule has 142 valence electrons. The first kappa shape index (κ1) is 19.1. The summed E-state index contributed by atoms with van der Waals surface area (Å²) < 4.78 is 4.88. The second kappa shape index (κ2) is 9.88. The molecule has 2 aromatic rings. The Balaban J connectivity index is 1.51. The Kier molecular flexibility index (Phi) is 6.99. The van der Waals surface area contributed by atoms with E-state index in [9.17, 15) is 4.79 Å². The predicted octanol–water partition coefficient (Wildman–Crippen LogP) is 3.73. The Morgan fingerprint density at radius 1 is 1.30 bits per heavy atom. The molecule has 1 atom stereocenters. The molecule has 0 saturated carbocycles. The normalized spacial score (nSPS) is 17.7. The Hall–Kier alpha value is -2.66. The number of ether oxygens (including phenoxy) is 1. The quantitative estimate of drug-likeness (QED) is 0.598. The van der Waals surface area contributed by atoms with Gasteiger partial charge in [0, 0.05) is 31.4 Å². The molecule has 1 aromatic carbocycles. The van der Waals surface area contributed by atoms with Gasteiger partial charge in [0.25, 0.3) is 0 Å². The molecule has 1 N–H and O–H groups in total. The minimum absolute atomic E-state index is 0.333. The van der Waals surface area contributed by atoms with Crippen molar-refractivity contribution in [2.45, 2.75) is 32.4 Å². The molecule has 5 nitrogen and oxygen atoms in total. The lowest BCUT2D eigenvalue weighted by Gasteiger charge is -2.33. The highest BCUT2D eigenvalue weighted by molar-refractivity contribution is 5.86. The lowest BCUT2D eigenvalue weighted by molar-refractivity contribution is -0.137. The van der Waals surface area contributed by atoms with E-state index in [1.165, 1.54) is 18.1 Å². The number of likely N-dealkylation sites (tertiary alicyclic amines) is 1. The van der Waals surface area contributed by atoms with Crippen molar-refractivity contribution in [3.63, 3.8) is 0 Å². The summed E-state index contributed by atoms with van der Waals surface area (Å²) in [6.45, 7) is 5.32. The maximum absolute atomic E-state index is 11.4. The standard InChI is InChI=1S/C22H27N3O2/c1-2-27-22(26)13-11-18-10-12-21(23-15-18)24-20-9-6-14-25(17-20)16-19-7-4-3-5-8-19/h3-5,7-8,10-13,15,20H,2,6,9,14,16-17H2,1H3,(H,23,24)/t20-/m1/s1. The summed E-state index contributed by atoms with van der Waals surface area (Å²) in [6.07, 6.45) is 7.25. The highest BCUT2D eigenvalue weighted by Gasteiger charge is 2.20. The molecule has 0 aliphatic carbocycles. The van der Waals surface area contributed by atoms with Gasteiger partial charge in [0.05, 0.1) is 6.61 Å². The molecule has 0 bridgehead atoms. The molecular formula is C22H27N3O2. The van der Waals surface area contributed by atoms with E-state index in [1.807, 2.05) is 12.1 Å². The summed E-state index contributed by atoms with van der Waals surface area (Å²) in [7, 11) is 0. The molecule has 2 heterocycles. The van der Waals surface area contributed by atoms with Crippen LogP contribution in [0.25, 0.3) is 6.08 Å². The van der Waals surface area contributed by atoms with Crippen LogP contribution < -0.4 is 5.32 Å². The lowest BCUT2D eigenvalue weighted by Crippen LogP contribution is -2.41. The van der Waals surface area contributed by atoms with E-state index in [0.29, 0.717) is 12.6 Å². The van der Waals surface area contributed by atoms with Gasteiger partial charge in [0.1, 0.15) is 5.82 Å². The number of rotatable bonds is 7. The Morgan fingerprint density at radius 3 is 2.89 bits per heavy atom. The molecule has 5 heteroatoms. The molecule has 1 saturated heterocycles. The summed E-state index contributed by atoms with van der Waals surface area (Å²) in [5, 5.41) is 3.54. The zero-order valence-electron chi connectivity index (χ0n) is 15.8. The molecule has 0 spiro atoms. The number of hydrogen-bond donors (Lipinski definition) is 1. The van der Waals surface area contributed by atoms with Crippen LogP contribution in [0.4, 0.5) is 5.82 Å². The summed E-state index contributed by atoms with van der Waals surface area (Å²) in [5.74, 6) is 0.537. The Labute approximate surface area is 161 Å². The van der Waals surface area contributed by atoms with Crippen LogP contribution in [0, 0.1) is 0 Å². The fraction of sp³-hybridized carbons (Fsp3) is 0.364. The van der Waals surface area contributed by atoms with Gasteiger partial charge in [-0.2, -0.15) is 0 Å². The van der Waals surface area contributed by atoms with E-state index >= 15 is 0 Å². The zero-order valence-corrected chi connectivity index (χ0v) is 15.8. The van der Waals surface area contributed by atoms with Gasteiger partial charge in [-0.15, -0.1) is 0 Å². The van der Waals surface area contributed by atoms with Crippen molar-refractivity contribution >= 4 is 17.9 Å². The highest BCUT2D eigenvalue weighted by atomic mass is 16.5. The fourth-order valence-corrected chi connectivity index (χ4v) is 3.31. The van der Waals surface area contributed by atoms with E-state index in [4.69, 9.17) is 4.74 Å². The lowest BCUT2D eigenvalue weighted by atomic mass is 10.0. The number of carbonyl (C=O) groups is 1. The summed E-state index contributed by atoms with van der Waals surface area (Å²) in [5.41, 5.74) is 2.23. The summed E-state index contributed by atoms with van der Waals surface area (Å²) >= 11 is 0. The number of hydrogen-bond acceptors (Lipinski definition) is 5. The van der Waals surface area contributed by atoms with Crippen LogP contribution in [0.3, 0.4) is 0 Å². The van der Waals surface area contributed by atoms with Crippen molar-refractivity contribution < 1.29 is 9.53 Å². The van der Waals surface area contributed by atoms with Crippen molar-refractivity contribution in [3.8, 4) is 0 Å². The zero-order chi connectivity index (χ0) is 18.9.